The second kappa shape index (κ2) is 14.1. The summed E-state index contributed by atoms with van der Waals surface area (Å²) in [6.45, 7) is 5.54. The molecule has 0 unspecified atom stereocenters. The molecule has 2 rings (SSSR count). The van der Waals surface area contributed by atoms with E-state index in [1.807, 2.05) is 12.1 Å². The minimum atomic E-state index is 0.142. The fourth-order valence-electron chi connectivity index (χ4n) is 3.27. The first-order valence-corrected chi connectivity index (χ1v) is 11.3. The summed E-state index contributed by atoms with van der Waals surface area (Å²) in [5.41, 5.74) is 20.4. The fraction of sp³-hybridized carbons (Fsp3) is 0.522. The summed E-state index contributed by atoms with van der Waals surface area (Å²) in [6.07, 6.45) is 5.73. The van der Waals surface area contributed by atoms with Crippen LogP contribution < -0.4 is 37.3 Å². The van der Waals surface area contributed by atoms with Gasteiger partial charge in [-0.25, -0.2) is 4.98 Å². The number of nitrogens with one attached hydrogen (secondary N) is 2. The minimum Gasteiger partial charge on any atom is -0.496 e. The van der Waals surface area contributed by atoms with Crippen LogP contribution in [0.1, 0.15) is 49.4 Å². The number of unbranched alkanes of at least 4 members (excludes halogenated alkanes) is 2. The first kappa shape index (κ1) is 26.1. The molecule has 0 saturated carbocycles. The SMILES string of the molecule is CCCCNc1nc(N)nc(C=NCc2c(OC)cc(CNCCCCN)cc2OC)c1N. The normalized spacial score (nSPS) is 11.2. The van der Waals surface area contributed by atoms with Crippen molar-refractivity contribution in [2.75, 3.05) is 50.6 Å². The van der Waals surface area contributed by atoms with Gasteiger partial charge in [0.2, 0.25) is 5.95 Å². The summed E-state index contributed by atoms with van der Waals surface area (Å²) in [6, 6.07) is 3.99. The van der Waals surface area contributed by atoms with Gasteiger partial charge in [-0.05, 0) is 50.0 Å². The maximum absolute atomic E-state index is 6.23. The lowest BCUT2D eigenvalue weighted by atomic mass is 10.1. The van der Waals surface area contributed by atoms with E-state index in [0.29, 0.717) is 48.3 Å². The summed E-state index contributed by atoms with van der Waals surface area (Å²) < 4.78 is 11.2. The van der Waals surface area contributed by atoms with Gasteiger partial charge in [0.05, 0.1) is 26.3 Å². The zero-order valence-corrected chi connectivity index (χ0v) is 20.0. The summed E-state index contributed by atoms with van der Waals surface area (Å²) in [5, 5.41) is 6.62. The molecule has 1 aromatic heterocycles. The number of methoxy groups -OCH3 is 2. The highest BCUT2D eigenvalue weighted by Crippen LogP contribution is 2.31. The van der Waals surface area contributed by atoms with Crippen LogP contribution in [0.4, 0.5) is 17.5 Å². The third kappa shape index (κ3) is 8.07. The van der Waals surface area contributed by atoms with Crippen LogP contribution in [0.5, 0.6) is 11.5 Å². The van der Waals surface area contributed by atoms with Gasteiger partial charge >= 0.3 is 0 Å². The Labute approximate surface area is 196 Å². The number of rotatable bonds is 15. The van der Waals surface area contributed by atoms with Gasteiger partial charge in [-0.3, -0.25) is 4.99 Å². The summed E-state index contributed by atoms with van der Waals surface area (Å²) in [5.74, 6) is 2.09. The molecule has 0 bridgehead atoms. The quantitative estimate of drug-likeness (QED) is 0.199. The van der Waals surface area contributed by atoms with E-state index in [-0.39, 0.29) is 5.95 Å². The van der Waals surface area contributed by atoms with E-state index in [1.165, 1.54) is 0 Å². The molecule has 0 atom stereocenters. The average molecular weight is 459 g/mol. The third-order valence-corrected chi connectivity index (χ3v) is 5.08. The van der Waals surface area contributed by atoms with E-state index in [4.69, 9.17) is 26.7 Å². The highest BCUT2D eigenvalue weighted by molar-refractivity contribution is 5.88. The van der Waals surface area contributed by atoms with E-state index >= 15 is 0 Å². The second-order valence-corrected chi connectivity index (χ2v) is 7.63. The number of anilines is 3. The van der Waals surface area contributed by atoms with E-state index in [2.05, 4.69) is 32.5 Å². The van der Waals surface area contributed by atoms with Crippen LogP contribution in [0, 0.1) is 0 Å². The molecule has 0 aliphatic carbocycles. The Morgan fingerprint density at radius 2 is 1.76 bits per heavy atom. The van der Waals surface area contributed by atoms with Crippen molar-refractivity contribution in [2.45, 2.75) is 45.7 Å². The number of aliphatic imine (C=N–C) groups is 1. The predicted molar refractivity (Wildman–Crippen MR) is 135 cm³/mol. The Morgan fingerprint density at radius 1 is 1.03 bits per heavy atom. The molecule has 2 aromatic rings. The number of nitrogens with zero attached hydrogens (tertiary/aromatic N) is 3. The molecule has 0 radical (unpaired) electrons. The van der Waals surface area contributed by atoms with Crippen molar-refractivity contribution in [3.63, 3.8) is 0 Å². The van der Waals surface area contributed by atoms with E-state index in [1.54, 1.807) is 20.4 Å². The molecule has 1 heterocycles. The molecule has 0 aliphatic rings. The Morgan fingerprint density at radius 3 is 2.39 bits per heavy atom. The summed E-state index contributed by atoms with van der Waals surface area (Å²) in [7, 11) is 3.27. The van der Waals surface area contributed by atoms with Crippen molar-refractivity contribution in [1.29, 1.82) is 0 Å². The zero-order valence-electron chi connectivity index (χ0n) is 20.0. The van der Waals surface area contributed by atoms with Crippen LogP contribution in [-0.4, -0.2) is 50.0 Å². The molecule has 1 aromatic carbocycles. The van der Waals surface area contributed by atoms with E-state index < -0.39 is 0 Å². The summed E-state index contributed by atoms with van der Waals surface area (Å²) in [4.78, 5) is 12.9. The number of nitrogens with two attached hydrogens (primary N) is 3. The molecule has 0 saturated heterocycles. The van der Waals surface area contributed by atoms with Gasteiger partial charge in [0, 0.05) is 19.3 Å². The maximum Gasteiger partial charge on any atom is 0.222 e. The van der Waals surface area contributed by atoms with Crippen LogP contribution in [-0.2, 0) is 13.1 Å². The Bertz CT molecular complexity index is 879. The van der Waals surface area contributed by atoms with Crippen molar-refractivity contribution >= 4 is 23.7 Å². The standard InChI is InChI=1S/C23H38N8O2/c1-4-5-10-29-22-21(25)18(30-23(26)31-22)15-28-14-17-19(32-2)11-16(12-20(17)33-3)13-27-9-7-6-8-24/h11-12,15,27H,4-10,13-14,24-25H2,1-3H3,(H3,26,29,30,31). The molecule has 0 amide bonds. The zero-order chi connectivity index (χ0) is 24.1. The first-order chi connectivity index (χ1) is 16.0. The topological polar surface area (TPSA) is 159 Å². The highest BCUT2D eigenvalue weighted by atomic mass is 16.5. The monoisotopic (exact) mass is 458 g/mol. The van der Waals surface area contributed by atoms with Crippen molar-refractivity contribution in [1.82, 2.24) is 15.3 Å². The predicted octanol–water partition coefficient (Wildman–Crippen LogP) is 2.32. The van der Waals surface area contributed by atoms with Gasteiger partial charge in [0.15, 0.2) is 5.82 Å². The molecular formula is C23H38N8O2. The molecule has 0 fully saturated rings. The maximum atomic E-state index is 6.23. The number of ether oxygens (including phenoxy) is 2. The lowest BCUT2D eigenvalue weighted by molar-refractivity contribution is 0.384. The number of aromatic nitrogens is 2. The van der Waals surface area contributed by atoms with Crippen molar-refractivity contribution in [2.24, 2.45) is 10.7 Å². The molecule has 182 valence electrons. The first-order valence-electron chi connectivity index (χ1n) is 11.3. The second-order valence-electron chi connectivity index (χ2n) is 7.63. The van der Waals surface area contributed by atoms with Gasteiger partial charge in [-0.15, -0.1) is 0 Å². The average Bonchev–Trinajstić information content (AvgIpc) is 2.81. The van der Waals surface area contributed by atoms with Gasteiger partial charge in [-0.1, -0.05) is 13.3 Å². The molecule has 8 N–H and O–H groups in total. The number of benzene rings is 1. The number of hydrogen-bond donors (Lipinski definition) is 5. The minimum absolute atomic E-state index is 0.142. The molecule has 10 nitrogen and oxygen atoms in total. The Hall–Kier alpha value is -3.11. The molecule has 0 aliphatic heterocycles. The number of nitrogen functional groups attached to an aromatic ring is 2. The third-order valence-electron chi connectivity index (χ3n) is 5.08. The van der Waals surface area contributed by atoms with Gasteiger partial charge in [0.25, 0.3) is 0 Å². The molecule has 33 heavy (non-hydrogen) atoms. The lowest BCUT2D eigenvalue weighted by Crippen LogP contribution is -2.16. The van der Waals surface area contributed by atoms with Crippen LogP contribution in [0.15, 0.2) is 17.1 Å². The van der Waals surface area contributed by atoms with Crippen molar-refractivity contribution in [3.8, 4) is 11.5 Å². The van der Waals surface area contributed by atoms with Crippen LogP contribution in [0.25, 0.3) is 0 Å². The van der Waals surface area contributed by atoms with E-state index in [9.17, 15) is 0 Å². The molecular weight excluding hydrogens is 420 g/mol. The molecule has 10 heteroatoms. The largest absolute Gasteiger partial charge is 0.496 e. The summed E-state index contributed by atoms with van der Waals surface area (Å²) >= 11 is 0. The van der Waals surface area contributed by atoms with E-state index in [0.717, 1.165) is 49.9 Å². The van der Waals surface area contributed by atoms with Crippen LogP contribution >= 0.6 is 0 Å². The van der Waals surface area contributed by atoms with Gasteiger partial charge < -0.3 is 37.3 Å². The van der Waals surface area contributed by atoms with Gasteiger partial charge in [-0.2, -0.15) is 4.98 Å². The fourth-order valence-corrected chi connectivity index (χ4v) is 3.27. The highest BCUT2D eigenvalue weighted by Gasteiger charge is 2.13. The number of hydrogen-bond acceptors (Lipinski definition) is 10. The van der Waals surface area contributed by atoms with Crippen LogP contribution in [0.3, 0.4) is 0 Å². The van der Waals surface area contributed by atoms with Crippen molar-refractivity contribution < 1.29 is 9.47 Å². The van der Waals surface area contributed by atoms with Crippen molar-refractivity contribution in [3.05, 3.63) is 29.0 Å². The lowest BCUT2D eigenvalue weighted by Gasteiger charge is -2.15. The molecule has 0 spiro atoms. The van der Waals surface area contributed by atoms with Gasteiger partial charge in [0.1, 0.15) is 22.9 Å². The Balaban J connectivity index is 2.15. The smallest absolute Gasteiger partial charge is 0.222 e. The Kier molecular flexibility index (Phi) is 11.2. The van der Waals surface area contributed by atoms with Crippen LogP contribution in [0.2, 0.25) is 0 Å².